The molecule has 0 spiro atoms. The molecule has 0 N–H and O–H groups in total. The molecule has 0 aromatic heterocycles. The van der Waals surface area contributed by atoms with Crippen LogP contribution in [0.25, 0.3) is 0 Å². The molecule has 26 heavy (non-hydrogen) atoms. The highest BCUT2D eigenvalue weighted by atomic mass is 16.5. The van der Waals surface area contributed by atoms with E-state index in [0.29, 0.717) is 6.42 Å². The van der Waals surface area contributed by atoms with Gasteiger partial charge in [0.05, 0.1) is 0 Å². The predicted octanol–water partition coefficient (Wildman–Crippen LogP) is 4.70. The molecule has 0 unspecified atom stereocenters. The molecule has 2 aromatic rings. The van der Waals surface area contributed by atoms with Gasteiger partial charge >= 0.3 is 0 Å². The summed E-state index contributed by atoms with van der Waals surface area (Å²) in [5.74, 6) is 0.897. The maximum absolute atomic E-state index is 13.2. The number of anilines is 1. The molecular weight excluding hydrogens is 322 g/mol. The van der Waals surface area contributed by atoms with Crippen molar-refractivity contribution in [3.8, 4) is 5.75 Å². The third-order valence-corrected chi connectivity index (χ3v) is 5.69. The first-order valence-electron chi connectivity index (χ1n) is 9.87. The molecule has 2 aliphatic rings. The zero-order chi connectivity index (χ0) is 18.1. The second-order valence-corrected chi connectivity index (χ2v) is 7.54. The number of hydrogen-bond acceptors (Lipinski definition) is 2. The largest absolute Gasteiger partial charge is 0.481 e. The number of amides is 1. The molecule has 4 rings (SSSR count). The summed E-state index contributed by atoms with van der Waals surface area (Å²) in [6, 6.07) is 14.7. The minimum atomic E-state index is -0.440. The lowest BCUT2D eigenvalue weighted by Gasteiger charge is -2.28. The topological polar surface area (TPSA) is 29.5 Å². The van der Waals surface area contributed by atoms with Gasteiger partial charge in [-0.2, -0.15) is 0 Å². The van der Waals surface area contributed by atoms with Crippen LogP contribution in [0.4, 0.5) is 5.69 Å². The van der Waals surface area contributed by atoms with E-state index in [2.05, 4.69) is 25.1 Å². The van der Waals surface area contributed by atoms with Crippen molar-refractivity contribution in [1.82, 2.24) is 0 Å². The Morgan fingerprint density at radius 1 is 1.12 bits per heavy atom. The Balaban J connectivity index is 1.55. The van der Waals surface area contributed by atoms with E-state index in [-0.39, 0.29) is 11.9 Å². The first-order valence-corrected chi connectivity index (χ1v) is 9.87. The highest BCUT2D eigenvalue weighted by Gasteiger charge is 2.35. The number of fused-ring (bicyclic) bond motifs is 2. The molecule has 1 heterocycles. The van der Waals surface area contributed by atoms with Crippen LogP contribution in [0.15, 0.2) is 42.5 Å². The number of rotatable bonds is 4. The summed E-state index contributed by atoms with van der Waals surface area (Å²) >= 11 is 0. The van der Waals surface area contributed by atoms with Crippen molar-refractivity contribution in [1.29, 1.82) is 0 Å². The molecule has 0 radical (unpaired) electrons. The molecule has 1 amide bonds. The van der Waals surface area contributed by atoms with Gasteiger partial charge in [0, 0.05) is 11.7 Å². The summed E-state index contributed by atoms with van der Waals surface area (Å²) in [6.07, 6.45) is 5.94. The zero-order valence-corrected chi connectivity index (χ0v) is 15.7. The molecule has 3 nitrogen and oxygen atoms in total. The summed E-state index contributed by atoms with van der Waals surface area (Å²) in [7, 11) is 0. The molecule has 3 heteroatoms. The Morgan fingerprint density at radius 2 is 1.88 bits per heavy atom. The lowest BCUT2D eigenvalue weighted by Crippen LogP contribution is -2.44. The highest BCUT2D eigenvalue weighted by Crippen LogP contribution is 2.33. The second kappa shape index (κ2) is 7.14. The Hall–Kier alpha value is -2.29. The maximum Gasteiger partial charge on any atom is 0.268 e. The van der Waals surface area contributed by atoms with Crippen LogP contribution in [-0.2, 0) is 24.1 Å². The van der Waals surface area contributed by atoms with E-state index in [1.807, 2.05) is 36.1 Å². The standard InChI is InChI=1S/C23H27NO2/c1-3-22(26-20-13-12-17-8-4-5-9-18(17)15-20)23(25)24-16(2)14-19-10-6-7-11-21(19)24/h6-7,10-13,15-16,22H,3-5,8-9,14H2,1-2H3/t16-,22+/m0/s1. The Bertz CT molecular complexity index is 814. The first kappa shape index (κ1) is 17.1. The van der Waals surface area contributed by atoms with Gasteiger partial charge < -0.3 is 9.64 Å². The van der Waals surface area contributed by atoms with Crippen LogP contribution >= 0.6 is 0 Å². The fraction of sp³-hybridized carbons (Fsp3) is 0.435. The molecule has 1 aliphatic carbocycles. The van der Waals surface area contributed by atoms with Crippen molar-refractivity contribution >= 4 is 11.6 Å². The Labute approximate surface area is 156 Å². The van der Waals surface area contributed by atoms with E-state index in [4.69, 9.17) is 4.74 Å². The second-order valence-electron chi connectivity index (χ2n) is 7.54. The van der Waals surface area contributed by atoms with Crippen LogP contribution in [0.3, 0.4) is 0 Å². The third-order valence-electron chi connectivity index (χ3n) is 5.69. The van der Waals surface area contributed by atoms with E-state index in [0.717, 1.165) is 30.7 Å². The number of carbonyl (C=O) groups excluding carboxylic acids is 1. The minimum Gasteiger partial charge on any atom is -0.481 e. The van der Waals surface area contributed by atoms with E-state index in [1.165, 1.54) is 29.5 Å². The molecule has 0 fully saturated rings. The van der Waals surface area contributed by atoms with Gasteiger partial charge in [-0.3, -0.25) is 4.79 Å². The van der Waals surface area contributed by atoms with Gasteiger partial charge in [-0.05, 0) is 80.3 Å². The smallest absolute Gasteiger partial charge is 0.268 e. The van der Waals surface area contributed by atoms with Gasteiger partial charge in [-0.1, -0.05) is 31.2 Å². The number of benzene rings is 2. The van der Waals surface area contributed by atoms with Crippen LogP contribution in [0.5, 0.6) is 5.75 Å². The Morgan fingerprint density at radius 3 is 2.69 bits per heavy atom. The predicted molar refractivity (Wildman–Crippen MR) is 105 cm³/mol. The Kier molecular flexibility index (Phi) is 4.71. The van der Waals surface area contributed by atoms with Crippen LogP contribution in [-0.4, -0.2) is 18.1 Å². The van der Waals surface area contributed by atoms with Crippen molar-refractivity contribution in [2.45, 2.75) is 64.5 Å². The van der Waals surface area contributed by atoms with Gasteiger partial charge in [0.15, 0.2) is 6.10 Å². The van der Waals surface area contributed by atoms with Crippen LogP contribution in [0.1, 0.15) is 49.8 Å². The highest BCUT2D eigenvalue weighted by molar-refractivity contribution is 5.99. The monoisotopic (exact) mass is 349 g/mol. The van der Waals surface area contributed by atoms with Crippen LogP contribution < -0.4 is 9.64 Å². The molecule has 0 saturated heterocycles. The quantitative estimate of drug-likeness (QED) is 0.801. The minimum absolute atomic E-state index is 0.0719. The molecule has 1 aliphatic heterocycles. The number of carbonyl (C=O) groups is 1. The van der Waals surface area contributed by atoms with E-state index >= 15 is 0 Å². The SMILES string of the molecule is CC[C@@H](Oc1ccc2c(c1)CCCC2)C(=O)N1c2ccccc2C[C@@H]1C. The number of nitrogens with zero attached hydrogens (tertiary/aromatic N) is 1. The number of ether oxygens (including phenoxy) is 1. The molecule has 0 saturated carbocycles. The van der Waals surface area contributed by atoms with Gasteiger partial charge in [-0.25, -0.2) is 0 Å². The van der Waals surface area contributed by atoms with Crippen molar-refractivity contribution < 1.29 is 9.53 Å². The average Bonchev–Trinajstić information content (AvgIpc) is 3.01. The van der Waals surface area contributed by atoms with E-state index < -0.39 is 6.10 Å². The van der Waals surface area contributed by atoms with E-state index in [9.17, 15) is 4.79 Å². The first-order chi connectivity index (χ1) is 12.7. The lowest BCUT2D eigenvalue weighted by molar-refractivity contribution is -0.125. The summed E-state index contributed by atoms with van der Waals surface area (Å²) in [4.78, 5) is 15.2. The van der Waals surface area contributed by atoms with Gasteiger partial charge in [0.25, 0.3) is 5.91 Å². The van der Waals surface area contributed by atoms with Crippen molar-refractivity contribution in [3.05, 3.63) is 59.2 Å². The average molecular weight is 349 g/mol. The third kappa shape index (κ3) is 3.11. The fourth-order valence-electron chi connectivity index (χ4n) is 4.31. The summed E-state index contributed by atoms with van der Waals surface area (Å²) in [5, 5.41) is 0. The van der Waals surface area contributed by atoms with Crippen molar-refractivity contribution in [3.63, 3.8) is 0 Å². The summed E-state index contributed by atoms with van der Waals surface area (Å²) in [5.41, 5.74) is 5.11. The molecular formula is C23H27NO2. The maximum atomic E-state index is 13.2. The number of hydrogen-bond donors (Lipinski definition) is 0. The van der Waals surface area contributed by atoms with Crippen molar-refractivity contribution in [2.75, 3.05) is 4.90 Å². The normalized spacial score (nSPS) is 19.6. The number of para-hydroxylation sites is 1. The number of aryl methyl sites for hydroxylation is 2. The van der Waals surface area contributed by atoms with Gasteiger partial charge in [0.2, 0.25) is 0 Å². The van der Waals surface area contributed by atoms with Crippen LogP contribution in [0.2, 0.25) is 0 Å². The summed E-state index contributed by atoms with van der Waals surface area (Å²) < 4.78 is 6.18. The summed E-state index contributed by atoms with van der Waals surface area (Å²) in [6.45, 7) is 4.14. The van der Waals surface area contributed by atoms with E-state index in [1.54, 1.807) is 0 Å². The fourth-order valence-corrected chi connectivity index (χ4v) is 4.31. The molecule has 0 bridgehead atoms. The van der Waals surface area contributed by atoms with Crippen molar-refractivity contribution in [2.24, 2.45) is 0 Å². The molecule has 2 atom stereocenters. The zero-order valence-electron chi connectivity index (χ0n) is 15.7. The molecule has 2 aromatic carbocycles. The van der Waals surface area contributed by atoms with Gasteiger partial charge in [0.1, 0.15) is 5.75 Å². The van der Waals surface area contributed by atoms with Crippen LogP contribution in [0, 0.1) is 0 Å². The lowest BCUT2D eigenvalue weighted by atomic mass is 9.92. The molecule has 136 valence electrons. The van der Waals surface area contributed by atoms with Gasteiger partial charge in [-0.15, -0.1) is 0 Å².